The van der Waals surface area contributed by atoms with E-state index in [1.54, 1.807) is 41.1 Å². The van der Waals surface area contributed by atoms with Gasteiger partial charge in [0, 0.05) is 29.5 Å². The first-order valence-electron chi connectivity index (χ1n) is 7.25. The minimum absolute atomic E-state index is 0.0516. The van der Waals surface area contributed by atoms with Gasteiger partial charge in [-0.15, -0.1) is 11.3 Å². The van der Waals surface area contributed by atoms with E-state index < -0.39 is 9.84 Å². The summed E-state index contributed by atoms with van der Waals surface area (Å²) in [5.41, 5.74) is 2.50. The van der Waals surface area contributed by atoms with Crippen LogP contribution in [0.4, 0.5) is 0 Å². The highest BCUT2D eigenvalue weighted by molar-refractivity contribution is 7.90. The molecule has 2 heterocycles. The molecule has 0 aliphatic carbocycles. The molecule has 3 rings (SSSR count). The third kappa shape index (κ3) is 3.63. The highest BCUT2D eigenvalue weighted by atomic mass is 32.2. The normalized spacial score (nSPS) is 11.6. The number of benzene rings is 1. The Morgan fingerprint density at radius 2 is 1.88 bits per heavy atom. The lowest BCUT2D eigenvalue weighted by Crippen LogP contribution is -2.19. The zero-order valence-corrected chi connectivity index (χ0v) is 14.9. The summed E-state index contributed by atoms with van der Waals surface area (Å²) in [7, 11) is -3.20. The number of hydrogen-bond donors (Lipinski definition) is 0. The lowest BCUT2D eigenvalue weighted by atomic mass is 10.2. The monoisotopic (exact) mass is 360 g/mol. The Hall–Kier alpha value is -2.25. The first-order chi connectivity index (χ1) is 11.3. The predicted octanol–water partition coefficient (Wildman–Crippen LogP) is 2.73. The molecule has 0 unspecified atom stereocenters. The smallest absolute Gasteiger partial charge is 0.251 e. The van der Waals surface area contributed by atoms with Gasteiger partial charge in [-0.1, -0.05) is 12.1 Å². The molecule has 0 bridgehead atoms. The fourth-order valence-corrected chi connectivity index (χ4v) is 3.70. The van der Waals surface area contributed by atoms with E-state index in [1.807, 2.05) is 18.4 Å². The third-order valence-corrected chi connectivity index (χ3v) is 5.55. The van der Waals surface area contributed by atoms with Crippen molar-refractivity contribution in [2.45, 2.75) is 18.4 Å². The molecule has 0 aliphatic rings. The molecule has 0 atom stereocenters. The predicted molar refractivity (Wildman–Crippen MR) is 95.2 cm³/mol. The Balaban J connectivity index is 1.84. The molecule has 2 aromatic heterocycles. The lowest BCUT2D eigenvalue weighted by Gasteiger charge is -2.03. The largest absolute Gasteiger partial charge is 0.309 e. The van der Waals surface area contributed by atoms with Crippen LogP contribution in [0.25, 0.3) is 11.3 Å². The molecule has 0 amide bonds. The Labute approximate surface area is 144 Å². The second kappa shape index (κ2) is 6.33. The highest BCUT2D eigenvalue weighted by Gasteiger charge is 2.09. The van der Waals surface area contributed by atoms with Crippen molar-refractivity contribution in [3.05, 3.63) is 68.9 Å². The summed E-state index contributed by atoms with van der Waals surface area (Å²) in [6, 6.07) is 10.1. The molecule has 3 aromatic rings. The van der Waals surface area contributed by atoms with Gasteiger partial charge in [-0.25, -0.2) is 13.4 Å². The van der Waals surface area contributed by atoms with E-state index in [0.29, 0.717) is 6.54 Å². The van der Waals surface area contributed by atoms with Crippen LogP contribution in [0.1, 0.15) is 10.6 Å². The van der Waals surface area contributed by atoms with Crippen LogP contribution in [-0.4, -0.2) is 24.2 Å². The summed E-state index contributed by atoms with van der Waals surface area (Å²) in [6.45, 7) is 2.30. The van der Waals surface area contributed by atoms with Crippen LogP contribution >= 0.6 is 11.3 Å². The minimum atomic E-state index is -3.20. The van der Waals surface area contributed by atoms with E-state index >= 15 is 0 Å². The van der Waals surface area contributed by atoms with Gasteiger partial charge in [-0.2, -0.15) is 0 Å². The number of nitrogens with zero attached hydrogens (tertiary/aromatic N) is 2. The first kappa shape index (κ1) is 16.6. The van der Waals surface area contributed by atoms with E-state index in [9.17, 15) is 13.2 Å². The highest BCUT2D eigenvalue weighted by Crippen LogP contribution is 2.23. The van der Waals surface area contributed by atoms with Crippen LogP contribution in [0.5, 0.6) is 0 Å². The van der Waals surface area contributed by atoms with Gasteiger partial charge in [0.25, 0.3) is 5.56 Å². The van der Waals surface area contributed by atoms with Gasteiger partial charge in [0.2, 0.25) is 0 Å². The maximum absolute atomic E-state index is 11.9. The van der Waals surface area contributed by atoms with Gasteiger partial charge in [-0.3, -0.25) is 4.79 Å². The molecule has 24 heavy (non-hydrogen) atoms. The summed E-state index contributed by atoms with van der Waals surface area (Å²) in [5.74, 6) is 0. The maximum atomic E-state index is 11.9. The Bertz CT molecular complexity index is 1030. The summed E-state index contributed by atoms with van der Waals surface area (Å²) in [6.07, 6.45) is 2.95. The second-order valence-electron chi connectivity index (χ2n) is 5.59. The number of sulfone groups is 1. The third-order valence-electron chi connectivity index (χ3n) is 3.59. The maximum Gasteiger partial charge on any atom is 0.251 e. The zero-order chi connectivity index (χ0) is 17.3. The van der Waals surface area contributed by atoms with Crippen molar-refractivity contribution in [3.8, 4) is 11.3 Å². The number of aryl methyl sites for hydroxylation is 1. The standard InChI is InChI=1S/C17H16N2O3S2/c1-12-7-8-19(17(20)9-12)10-16-18-15(11-23-16)13-3-5-14(6-4-13)24(2,21)22/h3-9,11H,10H2,1-2H3. The van der Waals surface area contributed by atoms with Crippen LogP contribution in [-0.2, 0) is 16.4 Å². The van der Waals surface area contributed by atoms with Gasteiger partial charge in [0.1, 0.15) is 5.01 Å². The quantitative estimate of drug-likeness (QED) is 0.717. The average molecular weight is 360 g/mol. The lowest BCUT2D eigenvalue weighted by molar-refractivity contribution is 0.602. The van der Waals surface area contributed by atoms with Crippen molar-refractivity contribution < 1.29 is 8.42 Å². The molecule has 5 nitrogen and oxygen atoms in total. The molecular formula is C17H16N2O3S2. The first-order valence-corrected chi connectivity index (χ1v) is 10.0. The van der Waals surface area contributed by atoms with Gasteiger partial charge < -0.3 is 4.57 Å². The minimum Gasteiger partial charge on any atom is -0.309 e. The van der Waals surface area contributed by atoms with Crippen molar-refractivity contribution in [1.82, 2.24) is 9.55 Å². The Morgan fingerprint density at radius 3 is 2.50 bits per heavy atom. The van der Waals surface area contributed by atoms with Crippen molar-refractivity contribution in [1.29, 1.82) is 0 Å². The number of thiazole rings is 1. The second-order valence-corrected chi connectivity index (χ2v) is 8.55. The van der Waals surface area contributed by atoms with Crippen molar-refractivity contribution in [2.75, 3.05) is 6.26 Å². The van der Waals surface area contributed by atoms with Crippen molar-refractivity contribution >= 4 is 21.2 Å². The van der Waals surface area contributed by atoms with E-state index in [1.165, 1.54) is 17.6 Å². The van der Waals surface area contributed by atoms with Crippen molar-refractivity contribution in [2.24, 2.45) is 0 Å². The molecule has 124 valence electrons. The Kier molecular flexibility index (Phi) is 4.38. The van der Waals surface area contributed by atoms with Crippen LogP contribution < -0.4 is 5.56 Å². The van der Waals surface area contributed by atoms with Gasteiger partial charge in [0.15, 0.2) is 9.84 Å². The average Bonchev–Trinajstić information content (AvgIpc) is 2.98. The summed E-state index contributed by atoms with van der Waals surface area (Å²) < 4.78 is 24.6. The summed E-state index contributed by atoms with van der Waals surface area (Å²) >= 11 is 1.47. The summed E-state index contributed by atoms with van der Waals surface area (Å²) in [5, 5.41) is 2.73. The van der Waals surface area contributed by atoms with Crippen LogP contribution in [0.2, 0.25) is 0 Å². The molecular weight excluding hydrogens is 344 g/mol. The summed E-state index contributed by atoms with van der Waals surface area (Å²) in [4.78, 5) is 16.8. The molecule has 0 radical (unpaired) electrons. The zero-order valence-electron chi connectivity index (χ0n) is 13.3. The molecule has 0 aliphatic heterocycles. The van der Waals surface area contributed by atoms with Crippen LogP contribution in [0, 0.1) is 6.92 Å². The van der Waals surface area contributed by atoms with E-state index in [0.717, 1.165) is 21.8 Å². The molecule has 0 fully saturated rings. The number of pyridine rings is 1. The van der Waals surface area contributed by atoms with Gasteiger partial charge >= 0.3 is 0 Å². The van der Waals surface area contributed by atoms with E-state index in [2.05, 4.69) is 4.98 Å². The van der Waals surface area contributed by atoms with Crippen LogP contribution in [0.3, 0.4) is 0 Å². The molecule has 0 saturated carbocycles. The SMILES string of the molecule is Cc1ccn(Cc2nc(-c3ccc(S(C)(=O)=O)cc3)cs2)c(=O)c1. The van der Waals surface area contributed by atoms with Crippen molar-refractivity contribution in [3.63, 3.8) is 0 Å². The molecule has 0 saturated heterocycles. The number of rotatable bonds is 4. The topological polar surface area (TPSA) is 69.0 Å². The van der Waals surface area contributed by atoms with E-state index in [4.69, 9.17) is 0 Å². The van der Waals surface area contributed by atoms with Crippen LogP contribution in [0.15, 0.2) is 57.7 Å². The van der Waals surface area contributed by atoms with Gasteiger partial charge in [-0.05, 0) is 30.7 Å². The molecule has 0 spiro atoms. The fourth-order valence-electron chi connectivity index (χ4n) is 2.27. The molecule has 7 heteroatoms. The Morgan fingerprint density at radius 1 is 1.17 bits per heavy atom. The fraction of sp³-hybridized carbons (Fsp3) is 0.176. The molecule has 1 aromatic carbocycles. The van der Waals surface area contributed by atoms with Gasteiger partial charge in [0.05, 0.1) is 17.1 Å². The number of hydrogen-bond acceptors (Lipinski definition) is 5. The van der Waals surface area contributed by atoms with E-state index in [-0.39, 0.29) is 10.5 Å². The number of aromatic nitrogens is 2. The molecule has 0 N–H and O–H groups in total.